The summed E-state index contributed by atoms with van der Waals surface area (Å²) in [5.41, 5.74) is 7.31. The molecule has 3 aromatic rings. The van der Waals surface area contributed by atoms with Crippen LogP contribution in [0.3, 0.4) is 0 Å². The van der Waals surface area contributed by atoms with Crippen molar-refractivity contribution in [3.8, 4) is 17.0 Å². The molecule has 0 bridgehead atoms. The number of amides is 1. The van der Waals surface area contributed by atoms with Crippen molar-refractivity contribution in [2.45, 2.75) is 13.8 Å². The van der Waals surface area contributed by atoms with Crippen LogP contribution in [0.2, 0.25) is 0 Å². The molecule has 2 aromatic carbocycles. The summed E-state index contributed by atoms with van der Waals surface area (Å²) in [6.45, 7) is 3.92. The fraction of sp³-hybridized carbons (Fsp3) is 0.150. The average molecular weight is 427 g/mol. The maximum absolute atomic E-state index is 11.9. The van der Waals surface area contributed by atoms with E-state index in [0.717, 1.165) is 26.9 Å². The molecule has 1 heterocycles. The van der Waals surface area contributed by atoms with Gasteiger partial charge < -0.3 is 4.74 Å². The third kappa shape index (κ3) is 5.04. The predicted octanol–water partition coefficient (Wildman–Crippen LogP) is 3.99. The Labute approximate surface area is 165 Å². The zero-order valence-corrected chi connectivity index (χ0v) is 16.6. The maximum Gasteiger partial charge on any atom is 0.277 e. The highest BCUT2D eigenvalue weighted by Crippen LogP contribution is 2.23. The summed E-state index contributed by atoms with van der Waals surface area (Å²) >= 11 is 3.45. The number of ether oxygens (including phenoxy) is 1. The van der Waals surface area contributed by atoms with E-state index in [1.807, 2.05) is 56.3 Å². The van der Waals surface area contributed by atoms with Crippen molar-refractivity contribution in [1.29, 1.82) is 0 Å². The van der Waals surface area contributed by atoms with E-state index in [4.69, 9.17) is 4.74 Å². The molecule has 0 saturated carbocycles. The Bertz CT molecular complexity index is 982. The number of carbonyl (C=O) groups excluding carboxylic acids is 1. The van der Waals surface area contributed by atoms with Crippen LogP contribution >= 0.6 is 15.9 Å². The van der Waals surface area contributed by atoms with Gasteiger partial charge in [-0.05, 0) is 49.2 Å². The average Bonchev–Trinajstić information content (AvgIpc) is 3.11. The number of hydrogen-bond acceptors (Lipinski definition) is 4. The monoisotopic (exact) mass is 426 g/mol. The third-order valence-electron chi connectivity index (χ3n) is 4.02. The number of hydrazone groups is 1. The van der Waals surface area contributed by atoms with Crippen LogP contribution in [0.25, 0.3) is 11.3 Å². The molecule has 138 valence electrons. The van der Waals surface area contributed by atoms with Crippen molar-refractivity contribution in [3.05, 3.63) is 69.8 Å². The largest absolute Gasteiger partial charge is 0.484 e. The Morgan fingerprint density at radius 2 is 2.11 bits per heavy atom. The number of aromatic amines is 1. The number of aromatic nitrogens is 2. The minimum Gasteiger partial charge on any atom is -0.484 e. The van der Waals surface area contributed by atoms with Crippen molar-refractivity contribution < 1.29 is 9.53 Å². The Hall–Kier alpha value is -2.93. The van der Waals surface area contributed by atoms with Gasteiger partial charge in [-0.3, -0.25) is 9.89 Å². The van der Waals surface area contributed by atoms with E-state index >= 15 is 0 Å². The Morgan fingerprint density at radius 1 is 1.26 bits per heavy atom. The Kier molecular flexibility index (Phi) is 6.03. The molecular weight excluding hydrogens is 408 g/mol. The maximum atomic E-state index is 11.9. The van der Waals surface area contributed by atoms with Crippen LogP contribution in [0.4, 0.5) is 0 Å². The van der Waals surface area contributed by atoms with Crippen LogP contribution in [0.5, 0.6) is 5.75 Å². The van der Waals surface area contributed by atoms with Gasteiger partial charge in [0.15, 0.2) is 6.61 Å². The lowest BCUT2D eigenvalue weighted by Gasteiger charge is -2.07. The van der Waals surface area contributed by atoms with Gasteiger partial charge in [-0.25, -0.2) is 5.43 Å². The van der Waals surface area contributed by atoms with Gasteiger partial charge >= 0.3 is 0 Å². The number of aryl methyl sites for hydroxylation is 2. The number of carbonyl (C=O) groups is 1. The van der Waals surface area contributed by atoms with Gasteiger partial charge in [0.2, 0.25) is 0 Å². The molecule has 0 saturated heterocycles. The number of rotatable bonds is 6. The lowest BCUT2D eigenvalue weighted by Crippen LogP contribution is -2.24. The molecule has 1 aromatic heterocycles. The minimum atomic E-state index is -0.336. The summed E-state index contributed by atoms with van der Waals surface area (Å²) in [6, 6.07) is 13.5. The molecule has 0 aliphatic carbocycles. The molecule has 7 heteroatoms. The third-order valence-corrected chi connectivity index (χ3v) is 4.52. The van der Waals surface area contributed by atoms with E-state index in [2.05, 4.69) is 36.7 Å². The van der Waals surface area contributed by atoms with Gasteiger partial charge in [0, 0.05) is 15.6 Å². The van der Waals surface area contributed by atoms with Gasteiger partial charge in [0.25, 0.3) is 5.91 Å². The summed E-state index contributed by atoms with van der Waals surface area (Å²) in [5.74, 6) is 0.320. The first-order valence-corrected chi connectivity index (χ1v) is 9.13. The van der Waals surface area contributed by atoms with Crippen molar-refractivity contribution in [2.24, 2.45) is 5.10 Å². The van der Waals surface area contributed by atoms with Crippen molar-refractivity contribution >= 4 is 28.1 Å². The summed E-state index contributed by atoms with van der Waals surface area (Å²) in [7, 11) is 0. The van der Waals surface area contributed by atoms with Crippen LogP contribution in [0.15, 0.2) is 58.2 Å². The summed E-state index contributed by atoms with van der Waals surface area (Å²) in [6.07, 6.45) is 3.20. The molecule has 0 aliphatic heterocycles. The molecule has 0 aliphatic rings. The summed E-state index contributed by atoms with van der Waals surface area (Å²) < 4.78 is 6.45. The van der Waals surface area contributed by atoms with Crippen molar-refractivity contribution in [1.82, 2.24) is 15.6 Å². The van der Waals surface area contributed by atoms with Gasteiger partial charge in [-0.2, -0.15) is 10.2 Å². The van der Waals surface area contributed by atoms with E-state index in [-0.39, 0.29) is 12.5 Å². The summed E-state index contributed by atoms with van der Waals surface area (Å²) in [4.78, 5) is 11.9. The second-order valence-corrected chi connectivity index (χ2v) is 6.95. The minimum absolute atomic E-state index is 0.107. The lowest BCUT2D eigenvalue weighted by atomic mass is 10.1. The molecule has 0 fully saturated rings. The normalized spacial score (nSPS) is 10.9. The van der Waals surface area contributed by atoms with Gasteiger partial charge in [-0.1, -0.05) is 34.1 Å². The molecule has 1 amide bonds. The SMILES string of the molecule is Cc1ccc(OCC(=O)NN=Cc2cn[nH]c2-c2cccc(Br)c2)cc1C. The van der Waals surface area contributed by atoms with E-state index in [1.165, 1.54) is 5.56 Å². The number of nitrogens with zero attached hydrogens (tertiary/aromatic N) is 2. The van der Waals surface area contributed by atoms with E-state index < -0.39 is 0 Å². The zero-order valence-electron chi connectivity index (χ0n) is 15.0. The van der Waals surface area contributed by atoms with Gasteiger partial charge in [-0.15, -0.1) is 0 Å². The van der Waals surface area contributed by atoms with Crippen LogP contribution in [-0.2, 0) is 4.79 Å². The number of hydrogen-bond donors (Lipinski definition) is 2. The lowest BCUT2D eigenvalue weighted by molar-refractivity contribution is -0.123. The van der Waals surface area contributed by atoms with Gasteiger partial charge in [0.1, 0.15) is 5.75 Å². The van der Waals surface area contributed by atoms with Crippen LogP contribution < -0.4 is 10.2 Å². The van der Waals surface area contributed by atoms with Crippen molar-refractivity contribution in [2.75, 3.05) is 6.61 Å². The van der Waals surface area contributed by atoms with E-state index in [0.29, 0.717) is 5.75 Å². The first-order chi connectivity index (χ1) is 13.0. The first-order valence-electron chi connectivity index (χ1n) is 8.34. The second kappa shape index (κ2) is 8.64. The highest BCUT2D eigenvalue weighted by atomic mass is 79.9. The topological polar surface area (TPSA) is 79.4 Å². The number of benzene rings is 2. The molecule has 0 atom stereocenters. The Balaban J connectivity index is 1.57. The van der Waals surface area contributed by atoms with E-state index in [1.54, 1.807) is 12.4 Å². The molecule has 0 unspecified atom stereocenters. The van der Waals surface area contributed by atoms with E-state index in [9.17, 15) is 4.79 Å². The van der Waals surface area contributed by atoms with Crippen LogP contribution in [0, 0.1) is 13.8 Å². The van der Waals surface area contributed by atoms with Crippen LogP contribution in [-0.4, -0.2) is 28.9 Å². The highest BCUT2D eigenvalue weighted by molar-refractivity contribution is 9.10. The molecule has 6 nitrogen and oxygen atoms in total. The number of H-pyrrole nitrogens is 1. The number of nitrogens with one attached hydrogen (secondary N) is 2. The molecule has 27 heavy (non-hydrogen) atoms. The fourth-order valence-electron chi connectivity index (χ4n) is 2.43. The molecule has 0 radical (unpaired) electrons. The zero-order chi connectivity index (χ0) is 19.2. The number of halogens is 1. The molecule has 0 spiro atoms. The molecule has 3 rings (SSSR count). The highest BCUT2D eigenvalue weighted by Gasteiger charge is 2.07. The summed E-state index contributed by atoms with van der Waals surface area (Å²) in [5, 5.41) is 11.0. The Morgan fingerprint density at radius 3 is 2.89 bits per heavy atom. The second-order valence-electron chi connectivity index (χ2n) is 6.04. The first kappa shape index (κ1) is 18.8. The smallest absolute Gasteiger partial charge is 0.277 e. The predicted molar refractivity (Wildman–Crippen MR) is 109 cm³/mol. The molecular formula is C20H19BrN4O2. The van der Waals surface area contributed by atoms with Crippen molar-refractivity contribution in [3.63, 3.8) is 0 Å². The fourth-order valence-corrected chi connectivity index (χ4v) is 2.83. The van der Waals surface area contributed by atoms with Gasteiger partial charge in [0.05, 0.1) is 18.1 Å². The molecule has 2 N–H and O–H groups in total. The standard InChI is InChI=1S/C20H19BrN4O2/c1-13-6-7-18(8-14(13)2)27-12-19(26)24-22-10-16-11-23-25-20(16)15-4-3-5-17(21)9-15/h3-11H,12H2,1-2H3,(H,23,25)(H,24,26). The quantitative estimate of drug-likeness (QED) is 0.461. The van der Waals surface area contributed by atoms with Crippen LogP contribution in [0.1, 0.15) is 16.7 Å².